The molecule has 1 fully saturated rings. The van der Waals surface area contributed by atoms with Crippen LogP contribution in [-0.4, -0.2) is 38.7 Å². The van der Waals surface area contributed by atoms with E-state index in [9.17, 15) is 4.55 Å². The van der Waals surface area contributed by atoms with Crippen molar-refractivity contribution < 1.29 is 4.55 Å². The van der Waals surface area contributed by atoms with E-state index in [1.165, 1.54) is 12.2 Å². The molecule has 1 aliphatic rings. The molecule has 0 aromatic heterocycles. The van der Waals surface area contributed by atoms with Crippen LogP contribution in [0.2, 0.25) is 0 Å². The summed E-state index contributed by atoms with van der Waals surface area (Å²) < 4.78 is 13.7. The van der Waals surface area contributed by atoms with Gasteiger partial charge in [0.05, 0.1) is 6.04 Å². The summed E-state index contributed by atoms with van der Waals surface area (Å²) >= 11 is 1.18. The summed E-state index contributed by atoms with van der Waals surface area (Å²) in [6, 6.07) is 0.540. The fraction of sp³-hybridized carbons (Fsp3) is 1.00. The minimum atomic E-state index is -0.786. The molecule has 0 aromatic carbocycles. The first-order valence-electron chi connectivity index (χ1n) is 4.34. The van der Waals surface area contributed by atoms with Gasteiger partial charge in [0.15, 0.2) is 0 Å². The molecule has 1 saturated heterocycles. The van der Waals surface area contributed by atoms with E-state index in [-0.39, 0.29) is 5.25 Å². The summed E-state index contributed by atoms with van der Waals surface area (Å²) in [5.41, 5.74) is 0. The van der Waals surface area contributed by atoms with Gasteiger partial charge in [-0.3, -0.25) is 0 Å². The minimum absolute atomic E-state index is 0.251. The fourth-order valence-corrected chi connectivity index (χ4v) is 3.79. The van der Waals surface area contributed by atoms with Crippen LogP contribution in [0.1, 0.15) is 20.3 Å². The summed E-state index contributed by atoms with van der Waals surface area (Å²) in [4.78, 5) is 0. The molecular weight excluding hydrogens is 190 g/mol. The first-order chi connectivity index (χ1) is 5.63. The van der Waals surface area contributed by atoms with E-state index >= 15 is 0 Å². The van der Waals surface area contributed by atoms with Crippen LogP contribution >= 0.6 is 11.8 Å². The maximum atomic E-state index is 11.7. The van der Waals surface area contributed by atoms with Crippen LogP contribution in [-0.2, 0) is 11.4 Å². The lowest BCUT2D eigenvalue weighted by molar-refractivity contribution is 0.390. The van der Waals surface area contributed by atoms with Gasteiger partial charge in [-0.1, -0.05) is 0 Å². The minimum Gasteiger partial charge on any atom is -0.598 e. The van der Waals surface area contributed by atoms with E-state index in [2.05, 4.69) is 0 Å². The summed E-state index contributed by atoms with van der Waals surface area (Å²) in [5, 5.41) is 0.251. The Kier molecular flexibility index (Phi) is 4.23. The standard InChI is InChI=1S/C8H17NOS2/c1-7(2)12(10)9(3)8-4-5-11-6-8/h7-8H,4-6H2,1-3H3/t8-,12?/m1/s1. The van der Waals surface area contributed by atoms with Crippen LogP contribution in [0.3, 0.4) is 0 Å². The lowest BCUT2D eigenvalue weighted by Gasteiger charge is -2.27. The Morgan fingerprint density at radius 1 is 1.58 bits per heavy atom. The van der Waals surface area contributed by atoms with Crippen molar-refractivity contribution in [1.29, 1.82) is 0 Å². The molecule has 12 heavy (non-hydrogen) atoms. The second-order valence-corrected chi connectivity index (χ2v) is 6.61. The molecule has 0 aliphatic carbocycles. The third kappa shape index (κ3) is 2.55. The number of nitrogens with zero attached hydrogens (tertiary/aromatic N) is 1. The molecule has 72 valence electrons. The molecular formula is C8H17NOS2. The lowest BCUT2D eigenvalue weighted by Crippen LogP contribution is -2.40. The predicted octanol–water partition coefficient (Wildman–Crippen LogP) is 1.50. The molecule has 0 radical (unpaired) electrons. The van der Waals surface area contributed by atoms with E-state index in [0.29, 0.717) is 6.04 Å². The molecule has 4 heteroatoms. The Hall–Kier alpha value is 0.620. The highest BCUT2D eigenvalue weighted by atomic mass is 32.2. The average Bonchev–Trinajstić information content (AvgIpc) is 2.53. The summed E-state index contributed by atoms with van der Waals surface area (Å²) in [5.74, 6) is 2.37. The van der Waals surface area contributed by atoms with Gasteiger partial charge in [0.25, 0.3) is 0 Å². The maximum absolute atomic E-state index is 11.7. The Balaban J connectivity index is 2.39. The number of hydrogen-bond donors (Lipinski definition) is 0. The van der Waals surface area contributed by atoms with E-state index in [0.717, 1.165) is 5.75 Å². The van der Waals surface area contributed by atoms with Crippen LogP contribution < -0.4 is 0 Å². The Labute approximate surface area is 82.4 Å². The third-order valence-electron chi connectivity index (χ3n) is 2.11. The normalized spacial score (nSPS) is 27.0. The van der Waals surface area contributed by atoms with Gasteiger partial charge < -0.3 is 4.55 Å². The first-order valence-corrected chi connectivity index (χ1v) is 6.66. The summed E-state index contributed by atoms with van der Waals surface area (Å²) in [6.07, 6.45) is 1.19. The van der Waals surface area contributed by atoms with Gasteiger partial charge >= 0.3 is 0 Å². The zero-order valence-corrected chi connectivity index (χ0v) is 9.58. The molecule has 0 N–H and O–H groups in total. The van der Waals surface area contributed by atoms with Crippen molar-refractivity contribution in [2.75, 3.05) is 18.6 Å². The predicted molar refractivity (Wildman–Crippen MR) is 56.8 cm³/mol. The van der Waals surface area contributed by atoms with Crippen LogP contribution in [0, 0.1) is 0 Å². The number of rotatable bonds is 3. The summed E-state index contributed by atoms with van der Waals surface area (Å²) in [7, 11) is 1.98. The van der Waals surface area contributed by atoms with E-state index in [1.807, 2.05) is 37.0 Å². The van der Waals surface area contributed by atoms with Crippen LogP contribution in [0.5, 0.6) is 0 Å². The van der Waals surface area contributed by atoms with Gasteiger partial charge in [-0.2, -0.15) is 11.8 Å². The lowest BCUT2D eigenvalue weighted by atomic mass is 10.3. The first kappa shape index (κ1) is 10.7. The van der Waals surface area contributed by atoms with Crippen molar-refractivity contribution in [2.45, 2.75) is 31.6 Å². The zero-order valence-electron chi connectivity index (χ0n) is 7.95. The van der Waals surface area contributed by atoms with Crippen molar-refractivity contribution >= 4 is 23.1 Å². The SMILES string of the molecule is CC(C)[S+]([O-])N(C)[C@@H]1CCSC1. The van der Waals surface area contributed by atoms with Crippen LogP contribution in [0.4, 0.5) is 0 Å². The third-order valence-corrected chi connectivity index (χ3v) is 4.92. The molecule has 1 heterocycles. The van der Waals surface area contributed by atoms with Gasteiger partial charge in [-0.05, 0) is 26.0 Å². The Bertz CT molecular complexity index is 135. The van der Waals surface area contributed by atoms with Crippen molar-refractivity contribution in [3.63, 3.8) is 0 Å². The van der Waals surface area contributed by atoms with E-state index < -0.39 is 11.4 Å². The molecule has 0 bridgehead atoms. The molecule has 0 saturated carbocycles. The monoisotopic (exact) mass is 207 g/mol. The second kappa shape index (κ2) is 4.74. The Morgan fingerprint density at radius 3 is 2.67 bits per heavy atom. The second-order valence-electron chi connectivity index (χ2n) is 3.39. The van der Waals surface area contributed by atoms with Gasteiger partial charge in [0.1, 0.15) is 5.25 Å². The van der Waals surface area contributed by atoms with E-state index in [4.69, 9.17) is 0 Å². The molecule has 1 aliphatic heterocycles. The molecule has 0 amide bonds. The van der Waals surface area contributed by atoms with Crippen molar-refractivity contribution in [3.05, 3.63) is 0 Å². The van der Waals surface area contributed by atoms with Crippen molar-refractivity contribution in [2.24, 2.45) is 0 Å². The zero-order chi connectivity index (χ0) is 9.14. The van der Waals surface area contributed by atoms with Crippen LogP contribution in [0.25, 0.3) is 0 Å². The van der Waals surface area contributed by atoms with Crippen molar-refractivity contribution in [1.82, 2.24) is 4.31 Å². The smallest absolute Gasteiger partial charge is 0.130 e. The molecule has 0 spiro atoms. The van der Waals surface area contributed by atoms with Gasteiger partial charge in [-0.25, -0.2) is 0 Å². The highest BCUT2D eigenvalue weighted by molar-refractivity contribution is 7.99. The molecule has 0 aromatic rings. The highest BCUT2D eigenvalue weighted by Crippen LogP contribution is 2.24. The maximum Gasteiger partial charge on any atom is 0.130 e. The topological polar surface area (TPSA) is 26.3 Å². The Morgan fingerprint density at radius 2 is 2.25 bits per heavy atom. The molecule has 2 nitrogen and oxygen atoms in total. The number of hydrogen-bond acceptors (Lipinski definition) is 3. The van der Waals surface area contributed by atoms with Crippen molar-refractivity contribution in [3.8, 4) is 0 Å². The quantitative estimate of drug-likeness (QED) is 0.656. The van der Waals surface area contributed by atoms with Gasteiger partial charge in [-0.15, -0.1) is 4.31 Å². The van der Waals surface area contributed by atoms with E-state index in [1.54, 1.807) is 0 Å². The van der Waals surface area contributed by atoms with Gasteiger partial charge in [0.2, 0.25) is 0 Å². The molecule has 2 atom stereocenters. The van der Waals surface area contributed by atoms with Gasteiger partial charge in [0, 0.05) is 24.2 Å². The number of thioether (sulfide) groups is 1. The molecule has 1 unspecified atom stereocenters. The average molecular weight is 207 g/mol. The largest absolute Gasteiger partial charge is 0.598 e. The summed E-state index contributed by atoms with van der Waals surface area (Å²) in [6.45, 7) is 4.02. The molecule has 1 rings (SSSR count). The van der Waals surface area contributed by atoms with Crippen LogP contribution in [0.15, 0.2) is 0 Å². The fourth-order valence-electron chi connectivity index (χ4n) is 1.29. The highest BCUT2D eigenvalue weighted by Gasteiger charge is 2.29.